The number of hydrogen-bond acceptors (Lipinski definition) is 2. The fourth-order valence-corrected chi connectivity index (χ4v) is 3.19. The van der Waals surface area contributed by atoms with E-state index in [4.69, 9.17) is 4.89 Å². The minimum atomic E-state index is -2.85. The SMILES string of the molecule is Cc1cc(C)c(-c2ccccc2)c(C)c1C(=O)[P+](=O)O. The molecule has 2 rings (SSSR count). The lowest BCUT2D eigenvalue weighted by Crippen LogP contribution is -2.04. The van der Waals surface area contributed by atoms with Gasteiger partial charge < -0.3 is 0 Å². The number of carbonyl (C=O) groups is 1. The molecule has 102 valence electrons. The zero-order chi connectivity index (χ0) is 14.9. The first-order chi connectivity index (χ1) is 9.43. The van der Waals surface area contributed by atoms with Gasteiger partial charge in [0.25, 0.3) is 0 Å². The van der Waals surface area contributed by atoms with E-state index < -0.39 is 13.6 Å². The van der Waals surface area contributed by atoms with E-state index in [2.05, 4.69) is 0 Å². The molecule has 0 amide bonds. The van der Waals surface area contributed by atoms with Gasteiger partial charge in [0, 0.05) is 0 Å². The van der Waals surface area contributed by atoms with Crippen LogP contribution in [0.5, 0.6) is 0 Å². The number of rotatable bonds is 3. The Morgan fingerprint density at radius 2 is 1.65 bits per heavy atom. The summed E-state index contributed by atoms with van der Waals surface area (Å²) in [5.74, 6) is 0. The summed E-state index contributed by atoms with van der Waals surface area (Å²) in [5.41, 5.74) is 4.17. The molecule has 1 N–H and O–H groups in total. The fourth-order valence-electron chi connectivity index (χ4n) is 2.66. The quantitative estimate of drug-likeness (QED) is 0.863. The molecule has 3 nitrogen and oxygen atoms in total. The van der Waals surface area contributed by atoms with Crippen LogP contribution >= 0.6 is 8.03 Å². The second-order valence-corrected chi connectivity index (χ2v) is 5.78. The molecule has 2 aromatic rings. The average Bonchev–Trinajstić information content (AvgIpc) is 2.39. The van der Waals surface area contributed by atoms with E-state index in [9.17, 15) is 9.36 Å². The predicted octanol–water partition coefficient (Wildman–Crippen LogP) is 4.15. The first-order valence-corrected chi connectivity index (χ1v) is 7.51. The van der Waals surface area contributed by atoms with Crippen molar-refractivity contribution in [3.8, 4) is 11.1 Å². The molecule has 0 spiro atoms. The van der Waals surface area contributed by atoms with Gasteiger partial charge in [-0.05, 0) is 53.2 Å². The van der Waals surface area contributed by atoms with Crippen LogP contribution in [0, 0.1) is 20.8 Å². The molecule has 0 saturated heterocycles. The van der Waals surface area contributed by atoms with Crippen molar-refractivity contribution in [3.63, 3.8) is 0 Å². The standard InChI is InChI=1S/C16H15O3P/c1-10-9-11(2)15(16(17)20(18)19)12(3)14(10)13-7-5-4-6-8-13/h4-9H,1-3H3/p+1. The minimum Gasteiger partial charge on any atom is -0.231 e. The molecule has 0 aromatic heterocycles. The van der Waals surface area contributed by atoms with Crippen molar-refractivity contribution in [1.82, 2.24) is 0 Å². The van der Waals surface area contributed by atoms with E-state index >= 15 is 0 Å². The minimum absolute atomic E-state index is 0.359. The third kappa shape index (κ3) is 2.55. The normalized spacial score (nSPS) is 11.3. The molecule has 1 unspecified atom stereocenters. The molecule has 0 radical (unpaired) electrons. The molecular formula is C16H16O3P+. The summed E-state index contributed by atoms with van der Waals surface area (Å²) >= 11 is 0. The molecule has 4 heteroatoms. The van der Waals surface area contributed by atoms with Gasteiger partial charge in [-0.3, -0.25) is 0 Å². The molecule has 0 aliphatic rings. The van der Waals surface area contributed by atoms with Crippen molar-refractivity contribution in [2.24, 2.45) is 0 Å². The molecular weight excluding hydrogens is 271 g/mol. The Morgan fingerprint density at radius 1 is 1.05 bits per heavy atom. The van der Waals surface area contributed by atoms with Crippen molar-refractivity contribution < 1.29 is 14.3 Å². The van der Waals surface area contributed by atoms with E-state index in [1.165, 1.54) is 0 Å². The molecule has 0 saturated carbocycles. The Hall–Kier alpha value is -1.83. The highest BCUT2D eigenvalue weighted by atomic mass is 31.1. The summed E-state index contributed by atoms with van der Waals surface area (Å²) in [6.07, 6.45) is 0. The van der Waals surface area contributed by atoms with Crippen LogP contribution in [0.15, 0.2) is 36.4 Å². The fraction of sp³-hybridized carbons (Fsp3) is 0.188. The van der Waals surface area contributed by atoms with Crippen LogP contribution in [0.2, 0.25) is 0 Å². The lowest BCUT2D eigenvalue weighted by Gasteiger charge is -2.14. The Bertz CT molecular complexity index is 691. The van der Waals surface area contributed by atoms with Crippen LogP contribution in [0.25, 0.3) is 11.1 Å². The summed E-state index contributed by atoms with van der Waals surface area (Å²) in [6.45, 7) is 5.60. The number of hydrogen-bond donors (Lipinski definition) is 1. The Balaban J connectivity index is 2.75. The van der Waals surface area contributed by atoms with Gasteiger partial charge >= 0.3 is 13.6 Å². The molecule has 1 atom stereocenters. The van der Waals surface area contributed by atoms with E-state index in [1.807, 2.05) is 50.2 Å². The molecule has 2 aromatic carbocycles. The van der Waals surface area contributed by atoms with Crippen LogP contribution < -0.4 is 0 Å². The van der Waals surface area contributed by atoms with E-state index in [-0.39, 0.29) is 0 Å². The van der Waals surface area contributed by atoms with Crippen LogP contribution in [0.4, 0.5) is 0 Å². The molecule has 0 fully saturated rings. The maximum Gasteiger partial charge on any atom is 0.590 e. The van der Waals surface area contributed by atoms with Gasteiger partial charge in [-0.2, -0.15) is 4.89 Å². The number of aryl methyl sites for hydroxylation is 2. The van der Waals surface area contributed by atoms with Crippen molar-refractivity contribution in [3.05, 3.63) is 58.7 Å². The Kier molecular flexibility index (Phi) is 4.12. The molecule has 0 bridgehead atoms. The first kappa shape index (κ1) is 14.6. The zero-order valence-electron chi connectivity index (χ0n) is 11.7. The second kappa shape index (κ2) is 5.66. The summed E-state index contributed by atoms with van der Waals surface area (Å²) in [4.78, 5) is 21.1. The Morgan fingerprint density at radius 3 is 2.20 bits per heavy atom. The van der Waals surface area contributed by atoms with Gasteiger partial charge in [-0.15, -0.1) is 0 Å². The third-order valence-corrected chi connectivity index (χ3v) is 3.99. The van der Waals surface area contributed by atoms with Gasteiger partial charge in [-0.25, -0.2) is 4.79 Å². The average molecular weight is 287 g/mol. The topological polar surface area (TPSA) is 54.4 Å². The van der Waals surface area contributed by atoms with Crippen molar-refractivity contribution in [1.29, 1.82) is 0 Å². The summed E-state index contributed by atoms with van der Waals surface area (Å²) < 4.78 is 11.1. The van der Waals surface area contributed by atoms with Gasteiger partial charge in [0.15, 0.2) is 0 Å². The van der Waals surface area contributed by atoms with E-state index in [1.54, 1.807) is 6.92 Å². The summed E-state index contributed by atoms with van der Waals surface area (Å²) in [6, 6.07) is 11.6. The largest absolute Gasteiger partial charge is 0.590 e. The third-order valence-electron chi connectivity index (χ3n) is 3.42. The highest BCUT2D eigenvalue weighted by Gasteiger charge is 2.32. The van der Waals surface area contributed by atoms with Crippen LogP contribution in [0.3, 0.4) is 0 Å². The maximum absolute atomic E-state index is 11.9. The first-order valence-electron chi connectivity index (χ1n) is 6.30. The van der Waals surface area contributed by atoms with Crippen LogP contribution in [-0.2, 0) is 4.57 Å². The summed E-state index contributed by atoms with van der Waals surface area (Å²) in [7, 11) is -2.85. The molecule has 20 heavy (non-hydrogen) atoms. The van der Waals surface area contributed by atoms with Crippen LogP contribution in [0.1, 0.15) is 27.0 Å². The lowest BCUT2D eigenvalue weighted by atomic mass is 9.90. The molecule has 0 aliphatic heterocycles. The zero-order valence-corrected chi connectivity index (χ0v) is 12.6. The molecule has 0 aliphatic carbocycles. The van der Waals surface area contributed by atoms with E-state index in [0.29, 0.717) is 5.56 Å². The second-order valence-electron chi connectivity index (χ2n) is 4.83. The van der Waals surface area contributed by atoms with E-state index in [0.717, 1.165) is 27.8 Å². The lowest BCUT2D eigenvalue weighted by molar-refractivity contribution is 0.106. The van der Waals surface area contributed by atoms with Gasteiger partial charge in [-0.1, -0.05) is 36.4 Å². The van der Waals surface area contributed by atoms with Crippen LogP contribution in [-0.4, -0.2) is 10.4 Å². The maximum atomic E-state index is 11.9. The van der Waals surface area contributed by atoms with Crippen molar-refractivity contribution in [2.75, 3.05) is 0 Å². The van der Waals surface area contributed by atoms with Gasteiger partial charge in [0.05, 0.1) is 5.56 Å². The monoisotopic (exact) mass is 287 g/mol. The Labute approximate surface area is 119 Å². The van der Waals surface area contributed by atoms with Crippen molar-refractivity contribution >= 4 is 13.6 Å². The highest BCUT2D eigenvalue weighted by Crippen LogP contribution is 2.35. The summed E-state index contributed by atoms with van der Waals surface area (Å²) in [5, 5.41) is 0. The van der Waals surface area contributed by atoms with Gasteiger partial charge in [0.2, 0.25) is 0 Å². The molecule has 0 heterocycles. The number of carbonyl (C=O) groups excluding carboxylic acids is 1. The highest BCUT2D eigenvalue weighted by molar-refractivity contribution is 7.59. The van der Waals surface area contributed by atoms with Gasteiger partial charge in [0.1, 0.15) is 0 Å². The predicted molar refractivity (Wildman–Crippen MR) is 80.2 cm³/mol. The number of benzene rings is 2. The van der Waals surface area contributed by atoms with Crippen molar-refractivity contribution in [2.45, 2.75) is 20.8 Å². The smallest absolute Gasteiger partial charge is 0.231 e.